The standard InChI is InChI=1S/C9H17NO/c1-8(6-10)5-9-3-2-4-11-7-9/h9H,1-7,10H2. The molecule has 1 rings (SSSR count). The van der Waals surface area contributed by atoms with Crippen molar-refractivity contribution in [2.75, 3.05) is 19.8 Å². The third-order valence-corrected chi connectivity index (χ3v) is 2.12. The fourth-order valence-corrected chi connectivity index (χ4v) is 1.46. The minimum atomic E-state index is 0.622. The van der Waals surface area contributed by atoms with Crippen LogP contribution in [0.25, 0.3) is 0 Å². The van der Waals surface area contributed by atoms with Crippen molar-refractivity contribution in [1.29, 1.82) is 0 Å². The Morgan fingerprint density at radius 1 is 1.64 bits per heavy atom. The first-order valence-corrected chi connectivity index (χ1v) is 4.27. The Bertz CT molecular complexity index is 128. The summed E-state index contributed by atoms with van der Waals surface area (Å²) in [4.78, 5) is 0. The van der Waals surface area contributed by atoms with Crippen molar-refractivity contribution in [1.82, 2.24) is 0 Å². The summed E-state index contributed by atoms with van der Waals surface area (Å²) < 4.78 is 5.35. The molecule has 1 unspecified atom stereocenters. The molecule has 1 heterocycles. The molecule has 0 aromatic rings. The van der Waals surface area contributed by atoms with Gasteiger partial charge in [-0.3, -0.25) is 0 Å². The quantitative estimate of drug-likeness (QED) is 0.624. The zero-order valence-corrected chi connectivity index (χ0v) is 7.01. The molecule has 2 nitrogen and oxygen atoms in total. The molecule has 1 atom stereocenters. The number of ether oxygens (including phenoxy) is 1. The highest BCUT2D eigenvalue weighted by molar-refractivity contribution is 4.97. The molecule has 1 aliphatic rings. The lowest BCUT2D eigenvalue weighted by Gasteiger charge is -2.22. The smallest absolute Gasteiger partial charge is 0.0497 e. The SMILES string of the molecule is C=C(CN)CC1CCCOC1. The highest BCUT2D eigenvalue weighted by Crippen LogP contribution is 2.19. The van der Waals surface area contributed by atoms with Gasteiger partial charge in [0.2, 0.25) is 0 Å². The predicted molar refractivity (Wildman–Crippen MR) is 46.4 cm³/mol. The average molecular weight is 155 g/mol. The lowest BCUT2D eigenvalue weighted by molar-refractivity contribution is 0.0549. The van der Waals surface area contributed by atoms with Crippen molar-refractivity contribution in [3.8, 4) is 0 Å². The van der Waals surface area contributed by atoms with Crippen LogP contribution in [0.15, 0.2) is 12.2 Å². The Labute approximate surface area is 68.4 Å². The topological polar surface area (TPSA) is 35.2 Å². The first-order valence-electron chi connectivity index (χ1n) is 4.27. The summed E-state index contributed by atoms with van der Waals surface area (Å²) >= 11 is 0. The van der Waals surface area contributed by atoms with Crippen LogP contribution in [0.3, 0.4) is 0 Å². The zero-order valence-electron chi connectivity index (χ0n) is 7.01. The molecule has 0 spiro atoms. The van der Waals surface area contributed by atoms with Gasteiger partial charge in [0.1, 0.15) is 0 Å². The number of nitrogens with two attached hydrogens (primary N) is 1. The molecule has 1 aliphatic heterocycles. The van der Waals surface area contributed by atoms with Gasteiger partial charge in [0, 0.05) is 19.8 Å². The van der Waals surface area contributed by atoms with Crippen LogP contribution < -0.4 is 5.73 Å². The van der Waals surface area contributed by atoms with E-state index in [-0.39, 0.29) is 0 Å². The molecule has 64 valence electrons. The molecule has 2 heteroatoms. The van der Waals surface area contributed by atoms with Gasteiger partial charge >= 0.3 is 0 Å². The molecule has 0 aliphatic carbocycles. The van der Waals surface area contributed by atoms with E-state index in [0.29, 0.717) is 12.5 Å². The molecule has 0 radical (unpaired) electrons. The summed E-state index contributed by atoms with van der Waals surface area (Å²) in [5, 5.41) is 0. The average Bonchev–Trinajstić information content (AvgIpc) is 2.06. The van der Waals surface area contributed by atoms with Crippen molar-refractivity contribution in [3.05, 3.63) is 12.2 Å². The van der Waals surface area contributed by atoms with Gasteiger partial charge in [-0.05, 0) is 25.2 Å². The van der Waals surface area contributed by atoms with E-state index in [1.165, 1.54) is 12.8 Å². The Balaban J connectivity index is 2.19. The van der Waals surface area contributed by atoms with Crippen molar-refractivity contribution in [3.63, 3.8) is 0 Å². The summed E-state index contributed by atoms with van der Waals surface area (Å²) in [6.45, 7) is 6.35. The minimum absolute atomic E-state index is 0.622. The fraction of sp³-hybridized carbons (Fsp3) is 0.778. The van der Waals surface area contributed by atoms with Gasteiger partial charge in [-0.25, -0.2) is 0 Å². The minimum Gasteiger partial charge on any atom is -0.381 e. The normalized spacial score (nSPS) is 25.0. The Kier molecular flexibility index (Phi) is 3.60. The number of hydrogen-bond donors (Lipinski definition) is 1. The van der Waals surface area contributed by atoms with Crippen LogP contribution in [-0.4, -0.2) is 19.8 Å². The third-order valence-electron chi connectivity index (χ3n) is 2.12. The summed E-state index contributed by atoms with van der Waals surface area (Å²) in [7, 11) is 0. The van der Waals surface area contributed by atoms with Crippen LogP contribution >= 0.6 is 0 Å². The molecule has 0 bridgehead atoms. The van der Waals surface area contributed by atoms with Crippen LogP contribution in [0, 0.1) is 5.92 Å². The molecule has 0 aromatic heterocycles. The molecule has 0 aromatic carbocycles. The second-order valence-corrected chi connectivity index (χ2v) is 3.24. The van der Waals surface area contributed by atoms with Gasteiger partial charge in [-0.15, -0.1) is 0 Å². The highest BCUT2D eigenvalue weighted by atomic mass is 16.5. The molecule has 1 fully saturated rings. The molecule has 0 saturated carbocycles. The Morgan fingerprint density at radius 3 is 3.00 bits per heavy atom. The second-order valence-electron chi connectivity index (χ2n) is 3.24. The monoisotopic (exact) mass is 155 g/mol. The number of rotatable bonds is 3. The first kappa shape index (κ1) is 8.75. The van der Waals surface area contributed by atoms with Crippen LogP contribution in [0.1, 0.15) is 19.3 Å². The lowest BCUT2D eigenvalue weighted by Crippen LogP contribution is -2.19. The predicted octanol–water partition coefficient (Wildman–Crippen LogP) is 1.32. The van der Waals surface area contributed by atoms with Gasteiger partial charge in [-0.1, -0.05) is 12.2 Å². The zero-order chi connectivity index (χ0) is 8.10. The van der Waals surface area contributed by atoms with Crippen molar-refractivity contribution in [2.24, 2.45) is 11.7 Å². The second kappa shape index (κ2) is 4.52. The van der Waals surface area contributed by atoms with E-state index in [4.69, 9.17) is 10.5 Å². The van der Waals surface area contributed by atoms with E-state index in [9.17, 15) is 0 Å². The van der Waals surface area contributed by atoms with Crippen molar-refractivity contribution >= 4 is 0 Å². The molecular formula is C9H17NO. The Morgan fingerprint density at radius 2 is 2.45 bits per heavy atom. The van der Waals surface area contributed by atoms with E-state index in [0.717, 1.165) is 25.2 Å². The van der Waals surface area contributed by atoms with Crippen molar-refractivity contribution in [2.45, 2.75) is 19.3 Å². The molecule has 1 saturated heterocycles. The van der Waals surface area contributed by atoms with Crippen LogP contribution in [0.5, 0.6) is 0 Å². The van der Waals surface area contributed by atoms with E-state index in [1.807, 2.05) is 0 Å². The van der Waals surface area contributed by atoms with Crippen LogP contribution in [0.4, 0.5) is 0 Å². The summed E-state index contributed by atoms with van der Waals surface area (Å²) in [5.74, 6) is 0.680. The van der Waals surface area contributed by atoms with E-state index >= 15 is 0 Å². The van der Waals surface area contributed by atoms with Crippen LogP contribution in [0.2, 0.25) is 0 Å². The van der Waals surface area contributed by atoms with Gasteiger partial charge in [-0.2, -0.15) is 0 Å². The molecule has 2 N–H and O–H groups in total. The van der Waals surface area contributed by atoms with Crippen molar-refractivity contribution < 1.29 is 4.74 Å². The summed E-state index contributed by atoms with van der Waals surface area (Å²) in [6.07, 6.45) is 3.53. The van der Waals surface area contributed by atoms with E-state index in [1.54, 1.807) is 0 Å². The van der Waals surface area contributed by atoms with Gasteiger partial charge in [0.15, 0.2) is 0 Å². The third kappa shape index (κ3) is 3.04. The van der Waals surface area contributed by atoms with E-state index in [2.05, 4.69) is 6.58 Å². The maximum absolute atomic E-state index is 5.45. The largest absolute Gasteiger partial charge is 0.381 e. The number of hydrogen-bond acceptors (Lipinski definition) is 2. The van der Waals surface area contributed by atoms with Gasteiger partial charge in [0.05, 0.1) is 0 Å². The maximum Gasteiger partial charge on any atom is 0.0497 e. The molecule has 11 heavy (non-hydrogen) atoms. The summed E-state index contributed by atoms with van der Waals surface area (Å²) in [5.41, 5.74) is 6.60. The summed E-state index contributed by atoms with van der Waals surface area (Å²) in [6, 6.07) is 0. The fourth-order valence-electron chi connectivity index (χ4n) is 1.46. The Hall–Kier alpha value is -0.340. The van der Waals surface area contributed by atoms with Gasteiger partial charge in [0.25, 0.3) is 0 Å². The molecular weight excluding hydrogens is 138 g/mol. The molecule has 0 amide bonds. The first-order chi connectivity index (χ1) is 5.33. The highest BCUT2D eigenvalue weighted by Gasteiger charge is 2.13. The van der Waals surface area contributed by atoms with Crippen LogP contribution in [-0.2, 0) is 4.74 Å². The lowest BCUT2D eigenvalue weighted by atomic mass is 9.95. The van der Waals surface area contributed by atoms with E-state index < -0.39 is 0 Å². The van der Waals surface area contributed by atoms with Gasteiger partial charge < -0.3 is 10.5 Å². The maximum atomic E-state index is 5.45.